The van der Waals surface area contributed by atoms with Crippen molar-refractivity contribution in [3.05, 3.63) is 80.9 Å². The molecule has 0 saturated heterocycles. The lowest BCUT2D eigenvalue weighted by atomic mass is 10.3. The topological polar surface area (TPSA) is 105 Å². The van der Waals surface area contributed by atoms with Crippen molar-refractivity contribution in [3.63, 3.8) is 0 Å². The van der Waals surface area contributed by atoms with E-state index in [1.165, 1.54) is 24.3 Å². The van der Waals surface area contributed by atoms with E-state index in [0.717, 1.165) is 0 Å². The molecule has 0 aliphatic carbocycles. The average Bonchev–Trinajstić information content (AvgIpc) is 2.48. The summed E-state index contributed by atoms with van der Waals surface area (Å²) >= 11 is 0. The first-order valence-corrected chi connectivity index (χ1v) is 6.28. The SMILES string of the molecule is O=[N+]([O-])C(C(Oc1ccccc1)Oc1ccccc1)[N+](=O)[O-]. The van der Waals surface area contributed by atoms with Crippen LogP contribution in [0, 0.1) is 20.2 Å². The molecule has 0 fully saturated rings. The van der Waals surface area contributed by atoms with Crippen LogP contribution in [-0.4, -0.2) is 22.3 Å². The van der Waals surface area contributed by atoms with E-state index >= 15 is 0 Å². The largest absolute Gasteiger partial charge is 0.521 e. The lowest BCUT2D eigenvalue weighted by Crippen LogP contribution is -2.47. The van der Waals surface area contributed by atoms with E-state index in [1.54, 1.807) is 36.4 Å². The molecule has 22 heavy (non-hydrogen) atoms. The maximum absolute atomic E-state index is 11.0. The predicted octanol–water partition coefficient (Wildman–Crippen LogP) is 2.35. The highest BCUT2D eigenvalue weighted by Crippen LogP contribution is 2.18. The monoisotopic (exact) mass is 304 g/mol. The van der Waals surface area contributed by atoms with Gasteiger partial charge >= 0.3 is 12.5 Å². The van der Waals surface area contributed by atoms with Crippen LogP contribution in [0.5, 0.6) is 11.5 Å². The normalized spacial score (nSPS) is 10.5. The van der Waals surface area contributed by atoms with Gasteiger partial charge in [-0.2, -0.15) is 0 Å². The Kier molecular flexibility index (Phi) is 4.86. The second kappa shape index (κ2) is 7.02. The summed E-state index contributed by atoms with van der Waals surface area (Å²) in [6, 6.07) is 16.1. The molecule has 0 N–H and O–H groups in total. The molecule has 8 heteroatoms. The van der Waals surface area contributed by atoms with Crippen LogP contribution in [0.2, 0.25) is 0 Å². The first-order valence-electron chi connectivity index (χ1n) is 6.28. The minimum atomic E-state index is -2.25. The van der Waals surface area contributed by atoms with Gasteiger partial charge in [-0.3, -0.25) is 20.2 Å². The zero-order valence-corrected chi connectivity index (χ0v) is 11.3. The predicted molar refractivity (Wildman–Crippen MR) is 75.7 cm³/mol. The molecule has 114 valence electrons. The summed E-state index contributed by atoms with van der Waals surface area (Å²) in [4.78, 5) is 19.8. The van der Waals surface area contributed by atoms with Crippen LogP contribution < -0.4 is 9.47 Å². The molecule has 8 nitrogen and oxygen atoms in total. The van der Waals surface area contributed by atoms with Crippen molar-refractivity contribution in [1.82, 2.24) is 0 Å². The molecule has 0 heterocycles. The van der Waals surface area contributed by atoms with Crippen molar-refractivity contribution in [2.45, 2.75) is 12.5 Å². The van der Waals surface area contributed by atoms with E-state index in [0.29, 0.717) is 0 Å². The molecule has 0 radical (unpaired) electrons. The molecule has 0 spiro atoms. The van der Waals surface area contributed by atoms with E-state index in [-0.39, 0.29) is 11.5 Å². The Bertz CT molecular complexity index is 579. The highest BCUT2D eigenvalue weighted by molar-refractivity contribution is 5.23. The fourth-order valence-electron chi connectivity index (χ4n) is 1.69. The fraction of sp³-hybridized carbons (Fsp3) is 0.143. The molecule has 0 bridgehead atoms. The van der Waals surface area contributed by atoms with Gasteiger partial charge in [0.05, 0.1) is 0 Å². The van der Waals surface area contributed by atoms with E-state index in [4.69, 9.17) is 9.47 Å². The lowest BCUT2D eigenvalue weighted by Gasteiger charge is -2.18. The van der Waals surface area contributed by atoms with Gasteiger partial charge in [0.1, 0.15) is 21.3 Å². The zero-order chi connectivity index (χ0) is 15.9. The van der Waals surface area contributed by atoms with Crippen LogP contribution in [-0.2, 0) is 0 Å². The van der Waals surface area contributed by atoms with Gasteiger partial charge in [0.15, 0.2) is 0 Å². The van der Waals surface area contributed by atoms with E-state index in [2.05, 4.69) is 0 Å². The van der Waals surface area contributed by atoms with Gasteiger partial charge < -0.3 is 9.47 Å². The summed E-state index contributed by atoms with van der Waals surface area (Å²) in [7, 11) is 0. The number of hydrogen-bond donors (Lipinski definition) is 0. The van der Waals surface area contributed by atoms with Gasteiger partial charge in [-0.25, -0.2) is 0 Å². The van der Waals surface area contributed by atoms with E-state index in [9.17, 15) is 20.2 Å². The summed E-state index contributed by atoms with van der Waals surface area (Å²) in [6.07, 6.45) is -3.95. The van der Waals surface area contributed by atoms with Gasteiger partial charge in [-0.15, -0.1) is 0 Å². The maximum atomic E-state index is 11.0. The van der Waals surface area contributed by atoms with Gasteiger partial charge in [0.25, 0.3) is 0 Å². The first kappa shape index (κ1) is 15.2. The molecule has 2 rings (SSSR count). The molecular formula is C14H12N2O6. The summed E-state index contributed by atoms with van der Waals surface area (Å²) in [5.41, 5.74) is 0. The van der Waals surface area contributed by atoms with Gasteiger partial charge in [-0.1, -0.05) is 36.4 Å². The molecule has 2 aromatic carbocycles. The van der Waals surface area contributed by atoms with Crippen molar-refractivity contribution >= 4 is 0 Å². The third kappa shape index (κ3) is 3.92. The van der Waals surface area contributed by atoms with Crippen LogP contribution in [0.1, 0.15) is 0 Å². The first-order chi connectivity index (χ1) is 10.6. The van der Waals surface area contributed by atoms with E-state index in [1.807, 2.05) is 0 Å². The number of nitrogens with zero attached hydrogens (tertiary/aromatic N) is 2. The van der Waals surface area contributed by atoms with Crippen molar-refractivity contribution in [3.8, 4) is 11.5 Å². The van der Waals surface area contributed by atoms with Crippen molar-refractivity contribution in [1.29, 1.82) is 0 Å². The molecule has 2 aromatic rings. The summed E-state index contributed by atoms with van der Waals surface area (Å²) in [5.74, 6) is 0.467. The number of nitro groups is 2. The van der Waals surface area contributed by atoms with E-state index < -0.39 is 22.3 Å². The number of benzene rings is 2. The number of para-hydroxylation sites is 2. The third-order valence-corrected chi connectivity index (χ3v) is 2.67. The van der Waals surface area contributed by atoms with Crippen molar-refractivity contribution in [2.24, 2.45) is 0 Å². The Labute approximate surface area is 125 Å². The molecule has 0 aromatic heterocycles. The summed E-state index contributed by atoms with van der Waals surface area (Å²) in [5, 5.41) is 21.9. The van der Waals surface area contributed by atoms with Crippen LogP contribution in [0.4, 0.5) is 0 Å². The number of hydrogen-bond acceptors (Lipinski definition) is 6. The quantitative estimate of drug-likeness (QED) is 0.441. The molecule has 0 aliphatic heterocycles. The zero-order valence-electron chi connectivity index (χ0n) is 11.3. The van der Waals surface area contributed by atoms with Crippen LogP contribution in [0.3, 0.4) is 0 Å². The minimum Gasteiger partial charge on any atom is -0.443 e. The Morgan fingerprint density at radius 3 is 1.41 bits per heavy atom. The average molecular weight is 304 g/mol. The highest BCUT2D eigenvalue weighted by atomic mass is 16.7. The molecular weight excluding hydrogens is 292 g/mol. The molecule has 0 unspecified atom stereocenters. The lowest BCUT2D eigenvalue weighted by molar-refractivity contribution is -0.757. The number of ether oxygens (including phenoxy) is 2. The Hall–Kier alpha value is -3.16. The fourth-order valence-corrected chi connectivity index (χ4v) is 1.69. The Balaban J connectivity index is 2.27. The van der Waals surface area contributed by atoms with Gasteiger partial charge in [0, 0.05) is 0 Å². The second-order valence-electron chi connectivity index (χ2n) is 4.21. The molecule has 0 aliphatic rings. The summed E-state index contributed by atoms with van der Waals surface area (Å²) in [6.45, 7) is 0. The number of rotatable bonds is 7. The standard InChI is InChI=1S/C14H12N2O6/c17-15(18)13(16(19)20)14(21-11-7-3-1-4-8-11)22-12-9-5-2-6-10-12/h1-10,13-14H. The third-order valence-electron chi connectivity index (χ3n) is 2.67. The van der Waals surface area contributed by atoms with Crippen LogP contribution >= 0.6 is 0 Å². The van der Waals surface area contributed by atoms with Gasteiger partial charge in [0.2, 0.25) is 0 Å². The van der Waals surface area contributed by atoms with Crippen LogP contribution in [0.15, 0.2) is 60.7 Å². The highest BCUT2D eigenvalue weighted by Gasteiger charge is 2.46. The molecule has 0 saturated carbocycles. The molecule has 0 atom stereocenters. The Morgan fingerprint density at radius 2 is 1.09 bits per heavy atom. The van der Waals surface area contributed by atoms with Crippen molar-refractivity contribution < 1.29 is 19.3 Å². The second-order valence-corrected chi connectivity index (χ2v) is 4.21. The van der Waals surface area contributed by atoms with Crippen molar-refractivity contribution in [2.75, 3.05) is 0 Å². The van der Waals surface area contributed by atoms with Gasteiger partial charge in [-0.05, 0) is 24.3 Å². The smallest absolute Gasteiger partial charge is 0.443 e. The summed E-state index contributed by atoms with van der Waals surface area (Å²) < 4.78 is 10.6. The minimum absolute atomic E-state index is 0.233. The molecule has 0 amide bonds. The maximum Gasteiger partial charge on any atom is 0.521 e. The Morgan fingerprint density at radius 1 is 0.727 bits per heavy atom. The van der Waals surface area contributed by atoms with Crippen LogP contribution in [0.25, 0.3) is 0 Å².